The smallest absolute Gasteiger partial charge is 0.407 e. The Kier molecular flexibility index (Phi) is 8.20. The summed E-state index contributed by atoms with van der Waals surface area (Å²) in [4.78, 5) is 15.3. The van der Waals surface area contributed by atoms with Crippen LogP contribution in [0.4, 0.5) is 10.5 Å². The topological polar surface area (TPSA) is 110 Å². The molecule has 0 spiro atoms. The summed E-state index contributed by atoms with van der Waals surface area (Å²) in [5, 5.41) is 4.30. The Morgan fingerprint density at radius 3 is 2.51 bits per heavy atom. The van der Waals surface area contributed by atoms with E-state index in [0.29, 0.717) is 38.8 Å². The fourth-order valence-electron chi connectivity index (χ4n) is 4.66. The van der Waals surface area contributed by atoms with Crippen molar-refractivity contribution in [2.45, 2.75) is 49.3 Å². The lowest BCUT2D eigenvalue weighted by Gasteiger charge is -2.30. The van der Waals surface area contributed by atoms with Crippen molar-refractivity contribution in [3.8, 4) is 5.75 Å². The van der Waals surface area contributed by atoms with Gasteiger partial charge in [-0.25, -0.2) is 13.2 Å². The molecule has 0 radical (unpaired) electrons. The Labute approximate surface area is 236 Å². The zero-order valence-corrected chi connectivity index (χ0v) is 23.2. The first kappa shape index (κ1) is 27.2. The van der Waals surface area contributed by atoms with Gasteiger partial charge in [-0.3, -0.25) is 4.72 Å². The molecular weight excluding hydrogens is 561 g/mol. The van der Waals surface area contributed by atoms with E-state index in [1.165, 1.54) is 12.1 Å². The highest BCUT2D eigenvalue weighted by Gasteiger charge is 2.25. The lowest BCUT2D eigenvalue weighted by atomic mass is 9.93. The number of halogens is 2. The van der Waals surface area contributed by atoms with E-state index in [0.717, 1.165) is 24.8 Å². The molecule has 8 nitrogen and oxygen atoms in total. The zero-order chi connectivity index (χ0) is 27.4. The van der Waals surface area contributed by atoms with Crippen molar-refractivity contribution in [3.63, 3.8) is 0 Å². The Bertz CT molecular complexity index is 1560. The summed E-state index contributed by atoms with van der Waals surface area (Å²) in [6.45, 7) is 0.213. The predicted octanol–water partition coefficient (Wildman–Crippen LogP) is 6.89. The minimum atomic E-state index is -3.88. The number of amides is 1. The Hall–Kier alpha value is -3.40. The fourth-order valence-corrected chi connectivity index (χ4v) is 6.29. The fraction of sp³-hybridized carbons (Fsp3) is 0.250. The van der Waals surface area contributed by atoms with Gasteiger partial charge in [-0.15, -0.1) is 0 Å². The summed E-state index contributed by atoms with van der Waals surface area (Å²) < 4.78 is 40.1. The molecule has 3 N–H and O–H groups in total. The third kappa shape index (κ3) is 6.61. The number of benzene rings is 3. The predicted molar refractivity (Wildman–Crippen MR) is 152 cm³/mol. The summed E-state index contributed by atoms with van der Waals surface area (Å²) >= 11 is 12.4. The Morgan fingerprint density at radius 2 is 1.74 bits per heavy atom. The number of nitrogens with one attached hydrogen (secondary N) is 3. The first-order chi connectivity index (χ1) is 18.8. The molecule has 204 valence electrons. The van der Waals surface area contributed by atoms with Crippen molar-refractivity contribution in [2.75, 3.05) is 4.72 Å². The molecule has 39 heavy (non-hydrogen) atoms. The SMILES string of the molecule is O=C(N[C@@H]1CCC[C@@H](Oc2ccc(S(=O)(=O)Nc3ccc(Cl)c4c(Cl)c[nH]c34)cc2)C1)OCc1ccccc1. The van der Waals surface area contributed by atoms with Crippen LogP contribution in [0, 0.1) is 0 Å². The number of carbonyl (C=O) groups excluding carboxylic acids is 1. The van der Waals surface area contributed by atoms with Gasteiger partial charge < -0.3 is 19.8 Å². The van der Waals surface area contributed by atoms with Crippen molar-refractivity contribution in [1.82, 2.24) is 10.3 Å². The van der Waals surface area contributed by atoms with E-state index >= 15 is 0 Å². The number of aromatic amines is 1. The summed E-state index contributed by atoms with van der Waals surface area (Å²) in [5.41, 5.74) is 1.76. The van der Waals surface area contributed by atoms with Gasteiger partial charge in [-0.05, 0) is 61.2 Å². The molecule has 1 heterocycles. The Balaban J connectivity index is 1.17. The molecule has 1 saturated carbocycles. The zero-order valence-electron chi connectivity index (χ0n) is 20.8. The van der Waals surface area contributed by atoms with Crippen LogP contribution in [0.3, 0.4) is 0 Å². The van der Waals surface area contributed by atoms with Gasteiger partial charge in [0, 0.05) is 24.0 Å². The maximum absolute atomic E-state index is 13.0. The molecule has 1 aliphatic carbocycles. The molecule has 5 rings (SSSR count). The van der Waals surface area contributed by atoms with Crippen molar-refractivity contribution in [2.24, 2.45) is 0 Å². The van der Waals surface area contributed by atoms with Crippen molar-refractivity contribution >= 4 is 55.9 Å². The van der Waals surface area contributed by atoms with Crippen LogP contribution in [0.5, 0.6) is 5.75 Å². The molecule has 1 amide bonds. The van der Waals surface area contributed by atoms with Gasteiger partial charge >= 0.3 is 6.09 Å². The first-order valence-electron chi connectivity index (χ1n) is 12.5. The van der Waals surface area contributed by atoms with Crippen molar-refractivity contribution in [3.05, 3.63) is 88.5 Å². The second kappa shape index (κ2) is 11.8. The molecule has 11 heteroatoms. The number of rotatable bonds is 8. The van der Waals surface area contributed by atoms with Gasteiger partial charge in [-0.1, -0.05) is 53.5 Å². The number of sulfonamides is 1. The molecule has 0 unspecified atom stereocenters. The van der Waals surface area contributed by atoms with Gasteiger partial charge in [0.1, 0.15) is 18.5 Å². The number of fused-ring (bicyclic) bond motifs is 1. The second-order valence-electron chi connectivity index (χ2n) is 9.37. The molecular formula is C28H27Cl2N3O5S. The number of hydrogen-bond acceptors (Lipinski definition) is 5. The van der Waals surface area contributed by atoms with Crippen LogP contribution in [-0.2, 0) is 21.4 Å². The molecule has 0 bridgehead atoms. The van der Waals surface area contributed by atoms with Crippen molar-refractivity contribution in [1.29, 1.82) is 0 Å². The molecule has 1 aliphatic rings. The van der Waals surface area contributed by atoms with Crippen LogP contribution < -0.4 is 14.8 Å². The van der Waals surface area contributed by atoms with Crippen LogP contribution >= 0.6 is 23.2 Å². The largest absolute Gasteiger partial charge is 0.490 e. The third-order valence-electron chi connectivity index (χ3n) is 6.58. The van der Waals surface area contributed by atoms with Crippen LogP contribution in [0.15, 0.2) is 77.8 Å². The van der Waals surface area contributed by atoms with E-state index in [1.807, 2.05) is 30.3 Å². The maximum Gasteiger partial charge on any atom is 0.407 e. The minimum absolute atomic E-state index is 0.0615. The summed E-state index contributed by atoms with van der Waals surface area (Å²) in [6, 6.07) is 18.9. The number of anilines is 1. The quantitative estimate of drug-likeness (QED) is 0.208. The molecule has 3 aromatic carbocycles. The Morgan fingerprint density at radius 1 is 0.974 bits per heavy atom. The van der Waals surface area contributed by atoms with Crippen LogP contribution in [0.2, 0.25) is 10.0 Å². The van der Waals surface area contributed by atoms with E-state index in [4.69, 9.17) is 32.7 Å². The summed E-state index contributed by atoms with van der Waals surface area (Å²) in [5.74, 6) is 0.552. The van der Waals surface area contributed by atoms with Gasteiger partial charge in [0.2, 0.25) is 0 Å². The number of alkyl carbamates (subject to hydrolysis) is 1. The number of H-pyrrole nitrogens is 1. The van der Waals surface area contributed by atoms with E-state index < -0.39 is 16.1 Å². The highest BCUT2D eigenvalue weighted by atomic mass is 35.5. The van der Waals surface area contributed by atoms with Gasteiger partial charge in [0.05, 0.1) is 26.1 Å². The standard InChI is InChI=1S/C28H27Cl2N3O5S/c29-23-13-14-25(27-26(23)24(30)16-31-27)33-39(35,36)22-11-9-20(10-12-22)38-21-8-4-7-19(15-21)32-28(34)37-17-18-5-2-1-3-6-18/h1-3,5-6,9-14,16,19,21,31,33H,4,7-8,15,17H2,(H,32,34)/t19-,21-/m1/s1. The lowest BCUT2D eigenvalue weighted by Crippen LogP contribution is -2.41. The van der Waals surface area contributed by atoms with Crippen LogP contribution in [0.25, 0.3) is 10.9 Å². The number of hydrogen-bond donors (Lipinski definition) is 3. The normalized spacial score (nSPS) is 17.5. The van der Waals surface area contributed by atoms with Gasteiger partial charge in [-0.2, -0.15) is 0 Å². The number of ether oxygens (including phenoxy) is 2. The maximum atomic E-state index is 13.0. The monoisotopic (exact) mass is 587 g/mol. The highest BCUT2D eigenvalue weighted by Crippen LogP contribution is 2.35. The van der Waals surface area contributed by atoms with E-state index in [-0.39, 0.29) is 23.6 Å². The summed E-state index contributed by atoms with van der Waals surface area (Å²) in [7, 11) is -3.88. The average molecular weight is 589 g/mol. The van der Waals surface area contributed by atoms with E-state index in [2.05, 4.69) is 15.0 Å². The molecule has 0 saturated heterocycles. The molecule has 2 atom stereocenters. The second-order valence-corrected chi connectivity index (χ2v) is 11.9. The van der Waals surface area contributed by atoms with Crippen LogP contribution in [0.1, 0.15) is 31.2 Å². The molecule has 4 aromatic rings. The average Bonchev–Trinajstić information content (AvgIpc) is 3.33. The first-order valence-corrected chi connectivity index (χ1v) is 14.7. The van der Waals surface area contributed by atoms with Crippen molar-refractivity contribution < 1.29 is 22.7 Å². The van der Waals surface area contributed by atoms with E-state index in [1.54, 1.807) is 30.5 Å². The highest BCUT2D eigenvalue weighted by molar-refractivity contribution is 7.92. The molecule has 0 aliphatic heterocycles. The van der Waals surface area contributed by atoms with Gasteiger partial charge in [0.25, 0.3) is 10.0 Å². The van der Waals surface area contributed by atoms with E-state index in [9.17, 15) is 13.2 Å². The third-order valence-corrected chi connectivity index (χ3v) is 8.57. The van der Waals surface area contributed by atoms with Crippen LogP contribution in [-0.4, -0.2) is 31.6 Å². The number of aromatic nitrogens is 1. The molecule has 1 fully saturated rings. The molecule has 1 aromatic heterocycles. The summed E-state index contributed by atoms with van der Waals surface area (Å²) in [6.07, 6.45) is 4.19. The number of carbonyl (C=O) groups is 1. The van der Waals surface area contributed by atoms with Gasteiger partial charge in [0.15, 0.2) is 0 Å². The lowest BCUT2D eigenvalue weighted by molar-refractivity contribution is 0.112. The minimum Gasteiger partial charge on any atom is -0.490 e.